The van der Waals surface area contributed by atoms with Crippen LogP contribution in [0.25, 0.3) is 0 Å². The summed E-state index contributed by atoms with van der Waals surface area (Å²) in [5, 5.41) is 7.51. The van der Waals surface area contributed by atoms with Gasteiger partial charge in [-0.1, -0.05) is 13.8 Å². The first kappa shape index (κ1) is 16.4. The van der Waals surface area contributed by atoms with Crippen LogP contribution in [0.1, 0.15) is 34.1 Å². The highest BCUT2D eigenvalue weighted by molar-refractivity contribution is 5.93. The van der Waals surface area contributed by atoms with Gasteiger partial charge in [0.15, 0.2) is 0 Å². The molecule has 0 saturated carbocycles. The summed E-state index contributed by atoms with van der Waals surface area (Å²) in [5.74, 6) is -0.615. The minimum atomic E-state index is -1.03. The number of hydrogen-bond acceptors (Lipinski definition) is 3. The van der Waals surface area contributed by atoms with Gasteiger partial charge in [0, 0.05) is 13.5 Å². The van der Waals surface area contributed by atoms with Gasteiger partial charge in [-0.25, -0.2) is 0 Å². The van der Waals surface area contributed by atoms with Gasteiger partial charge in [-0.05, 0) is 19.8 Å². The van der Waals surface area contributed by atoms with Crippen molar-refractivity contribution in [3.05, 3.63) is 0 Å². The molecule has 104 valence electrons. The first-order valence-corrected chi connectivity index (χ1v) is 5.99. The largest absolute Gasteiger partial charge is 0.358 e. The summed E-state index contributed by atoms with van der Waals surface area (Å²) in [6, 6.07) is 0. The Balaban J connectivity index is 4.30. The molecule has 0 aromatic rings. The van der Waals surface area contributed by atoms with Crippen LogP contribution in [0.2, 0.25) is 0 Å². The lowest BCUT2D eigenvalue weighted by molar-refractivity contribution is -0.133. The van der Waals surface area contributed by atoms with Crippen molar-refractivity contribution in [1.29, 1.82) is 0 Å². The first-order valence-electron chi connectivity index (χ1n) is 5.99. The Labute approximate surface area is 108 Å². The van der Waals surface area contributed by atoms with Gasteiger partial charge in [0.05, 0.1) is 6.54 Å². The maximum atomic E-state index is 11.8. The average molecular weight is 257 g/mol. The molecule has 6 nitrogen and oxygen atoms in total. The quantitative estimate of drug-likeness (QED) is 0.615. The lowest BCUT2D eigenvalue weighted by atomic mass is 10.0. The molecule has 3 amide bonds. The van der Waals surface area contributed by atoms with Crippen molar-refractivity contribution >= 4 is 17.7 Å². The molecule has 0 heterocycles. The smallest absolute Gasteiger partial charge is 0.245 e. The number of amides is 3. The van der Waals surface area contributed by atoms with E-state index in [1.165, 1.54) is 7.05 Å². The lowest BCUT2D eigenvalue weighted by Crippen LogP contribution is -2.56. The fourth-order valence-electron chi connectivity index (χ4n) is 1.30. The van der Waals surface area contributed by atoms with Crippen molar-refractivity contribution in [3.63, 3.8) is 0 Å². The van der Waals surface area contributed by atoms with Crippen molar-refractivity contribution in [3.8, 4) is 0 Å². The molecule has 0 radical (unpaired) electrons. The number of carbonyl (C=O) groups is 3. The highest BCUT2D eigenvalue weighted by atomic mass is 16.2. The second kappa shape index (κ2) is 6.98. The minimum absolute atomic E-state index is 0.0984. The topological polar surface area (TPSA) is 87.3 Å². The van der Waals surface area contributed by atoms with Crippen LogP contribution < -0.4 is 16.0 Å². The predicted molar refractivity (Wildman–Crippen MR) is 68.8 cm³/mol. The summed E-state index contributed by atoms with van der Waals surface area (Å²) in [6.45, 7) is 6.96. The van der Waals surface area contributed by atoms with E-state index in [1.807, 2.05) is 13.8 Å². The zero-order valence-corrected chi connectivity index (χ0v) is 11.7. The summed E-state index contributed by atoms with van der Waals surface area (Å²) in [5.41, 5.74) is -1.03. The van der Waals surface area contributed by atoms with Gasteiger partial charge < -0.3 is 16.0 Å². The van der Waals surface area contributed by atoms with Crippen LogP contribution in [-0.4, -0.2) is 36.9 Å². The molecular formula is C12H23N3O3. The Morgan fingerprint density at radius 1 is 1.11 bits per heavy atom. The number of nitrogens with one attached hydrogen (secondary N) is 3. The zero-order chi connectivity index (χ0) is 14.3. The van der Waals surface area contributed by atoms with E-state index < -0.39 is 5.54 Å². The molecule has 0 spiro atoms. The summed E-state index contributed by atoms with van der Waals surface area (Å²) < 4.78 is 0. The molecule has 0 aromatic carbocycles. The zero-order valence-electron chi connectivity index (χ0n) is 11.7. The summed E-state index contributed by atoms with van der Waals surface area (Å²) in [4.78, 5) is 34.4. The molecular weight excluding hydrogens is 234 g/mol. The molecule has 6 heteroatoms. The molecule has 3 N–H and O–H groups in total. The molecule has 0 bridgehead atoms. The molecule has 0 rings (SSSR count). The van der Waals surface area contributed by atoms with E-state index in [9.17, 15) is 14.4 Å². The Morgan fingerprint density at radius 2 is 1.67 bits per heavy atom. The van der Waals surface area contributed by atoms with Crippen molar-refractivity contribution in [2.24, 2.45) is 5.92 Å². The number of carbonyl (C=O) groups excluding carboxylic acids is 3. The van der Waals surface area contributed by atoms with Crippen molar-refractivity contribution in [2.45, 2.75) is 39.7 Å². The second-order valence-corrected chi connectivity index (χ2v) is 5.13. The first-order chi connectivity index (χ1) is 8.19. The normalized spacial score (nSPS) is 11.0. The summed E-state index contributed by atoms with van der Waals surface area (Å²) in [6.07, 6.45) is 0.367. The maximum Gasteiger partial charge on any atom is 0.245 e. The molecule has 0 saturated heterocycles. The van der Waals surface area contributed by atoms with Gasteiger partial charge in [-0.15, -0.1) is 0 Å². The van der Waals surface area contributed by atoms with Crippen molar-refractivity contribution in [1.82, 2.24) is 16.0 Å². The number of likely N-dealkylation sites (N-methyl/N-ethyl adjacent to an activating group) is 1. The Bertz CT molecular complexity index is 325. The van der Waals surface area contributed by atoms with Crippen LogP contribution in [0, 0.1) is 5.92 Å². The predicted octanol–water partition coefficient (Wildman–Crippen LogP) is -0.210. The van der Waals surface area contributed by atoms with Gasteiger partial charge in [0.1, 0.15) is 5.54 Å². The number of hydrogen-bond donors (Lipinski definition) is 3. The van der Waals surface area contributed by atoms with Gasteiger partial charge in [-0.2, -0.15) is 0 Å². The fraction of sp³-hybridized carbons (Fsp3) is 0.750. The third kappa shape index (κ3) is 6.22. The molecule has 0 aliphatic heterocycles. The van der Waals surface area contributed by atoms with E-state index in [0.29, 0.717) is 6.42 Å². The fourth-order valence-corrected chi connectivity index (χ4v) is 1.30. The van der Waals surface area contributed by atoms with Crippen LogP contribution in [0.4, 0.5) is 0 Å². The van der Waals surface area contributed by atoms with Crippen LogP contribution in [0.5, 0.6) is 0 Å². The average Bonchev–Trinajstić information content (AvgIpc) is 2.22. The SMILES string of the molecule is CNC(=O)CNC(=O)C(C)(C)NC(=O)CC(C)C. The summed E-state index contributed by atoms with van der Waals surface area (Å²) in [7, 11) is 1.49. The molecule has 0 fully saturated rings. The van der Waals surface area contributed by atoms with Gasteiger partial charge in [-0.3, -0.25) is 14.4 Å². The Kier molecular flexibility index (Phi) is 6.36. The molecule has 0 atom stereocenters. The van der Waals surface area contributed by atoms with Crippen LogP contribution >= 0.6 is 0 Å². The van der Waals surface area contributed by atoms with Crippen LogP contribution in [0.3, 0.4) is 0 Å². The van der Waals surface area contributed by atoms with E-state index in [4.69, 9.17) is 0 Å². The molecule has 0 aliphatic carbocycles. The standard InChI is InChI=1S/C12H23N3O3/c1-8(2)6-9(16)15-12(3,4)11(18)14-7-10(17)13-5/h8H,6-7H2,1-5H3,(H,13,17)(H,14,18)(H,15,16). The van der Waals surface area contributed by atoms with Gasteiger partial charge >= 0.3 is 0 Å². The van der Waals surface area contributed by atoms with Gasteiger partial charge in [0.2, 0.25) is 17.7 Å². The second-order valence-electron chi connectivity index (χ2n) is 5.13. The monoisotopic (exact) mass is 257 g/mol. The molecule has 18 heavy (non-hydrogen) atoms. The Hall–Kier alpha value is -1.59. The van der Waals surface area contributed by atoms with Crippen molar-refractivity contribution < 1.29 is 14.4 Å². The third-order valence-corrected chi connectivity index (χ3v) is 2.30. The van der Waals surface area contributed by atoms with Crippen molar-refractivity contribution in [2.75, 3.05) is 13.6 Å². The van der Waals surface area contributed by atoms with Crippen LogP contribution in [-0.2, 0) is 14.4 Å². The highest BCUT2D eigenvalue weighted by Gasteiger charge is 2.29. The van der Waals surface area contributed by atoms with E-state index >= 15 is 0 Å². The lowest BCUT2D eigenvalue weighted by Gasteiger charge is -2.25. The molecule has 0 aromatic heterocycles. The molecule has 0 aliphatic rings. The van der Waals surface area contributed by atoms with Crippen LogP contribution in [0.15, 0.2) is 0 Å². The Morgan fingerprint density at radius 3 is 2.11 bits per heavy atom. The minimum Gasteiger partial charge on any atom is -0.358 e. The van der Waals surface area contributed by atoms with E-state index in [1.54, 1.807) is 13.8 Å². The van der Waals surface area contributed by atoms with E-state index in [-0.39, 0.29) is 30.2 Å². The van der Waals surface area contributed by atoms with E-state index in [0.717, 1.165) is 0 Å². The number of rotatable bonds is 6. The maximum absolute atomic E-state index is 11.8. The van der Waals surface area contributed by atoms with E-state index in [2.05, 4.69) is 16.0 Å². The highest BCUT2D eigenvalue weighted by Crippen LogP contribution is 2.05. The third-order valence-electron chi connectivity index (χ3n) is 2.30. The van der Waals surface area contributed by atoms with Gasteiger partial charge in [0.25, 0.3) is 0 Å². The molecule has 0 unspecified atom stereocenters. The summed E-state index contributed by atoms with van der Waals surface area (Å²) >= 11 is 0.